The van der Waals surface area contributed by atoms with Crippen LogP contribution in [-0.2, 0) is 18.9 Å². The Morgan fingerprint density at radius 2 is 1.50 bits per heavy atom. The lowest BCUT2D eigenvalue weighted by molar-refractivity contribution is 0.0695. The van der Waals surface area contributed by atoms with Gasteiger partial charge in [0.1, 0.15) is 26.2 Å². The van der Waals surface area contributed by atoms with Crippen LogP contribution in [0.15, 0.2) is 39.0 Å². The van der Waals surface area contributed by atoms with Gasteiger partial charge in [0.05, 0.1) is 5.56 Å². The van der Waals surface area contributed by atoms with Crippen LogP contribution in [-0.4, -0.2) is 34.2 Å². The molecule has 32 heavy (non-hydrogen) atoms. The van der Waals surface area contributed by atoms with Crippen LogP contribution < -0.4 is 4.74 Å². The standard InChI is InChI=1S/C16H14ClF5O7S3/c1-8-9(2)15(13(30(3,25)26)7-11(8)16(23)24)29-10-4-5-12(31(17,27)28)14(6-10)32(18,19,20,21)22/h4-7H,1-3H3,(H,23,24). The lowest BCUT2D eigenvalue weighted by Crippen LogP contribution is -2.12. The van der Waals surface area contributed by atoms with E-state index in [4.69, 9.17) is 15.4 Å². The molecule has 0 aliphatic rings. The summed E-state index contributed by atoms with van der Waals surface area (Å²) in [5.41, 5.74) is -0.562. The zero-order valence-electron chi connectivity index (χ0n) is 16.2. The van der Waals surface area contributed by atoms with Crippen molar-refractivity contribution in [3.05, 3.63) is 41.0 Å². The zero-order chi connectivity index (χ0) is 25.1. The number of hydrogen-bond donors (Lipinski definition) is 1. The van der Waals surface area contributed by atoms with Crippen molar-refractivity contribution >= 4 is 45.8 Å². The minimum atomic E-state index is -10.6. The van der Waals surface area contributed by atoms with Crippen molar-refractivity contribution in [2.24, 2.45) is 0 Å². The van der Waals surface area contributed by atoms with Gasteiger partial charge in [-0.2, -0.15) is 0 Å². The van der Waals surface area contributed by atoms with Crippen molar-refractivity contribution in [3.8, 4) is 11.5 Å². The maximum atomic E-state index is 13.5. The second-order valence-corrected chi connectivity index (χ2v) is 13.6. The summed E-state index contributed by atoms with van der Waals surface area (Å²) in [7, 11) is -15.2. The van der Waals surface area contributed by atoms with Gasteiger partial charge in [-0.3, -0.25) is 0 Å². The summed E-state index contributed by atoms with van der Waals surface area (Å²) in [4.78, 5) is 5.87. The largest absolute Gasteiger partial charge is 0.478 e. The zero-order valence-corrected chi connectivity index (χ0v) is 19.4. The Morgan fingerprint density at radius 3 is 1.91 bits per heavy atom. The van der Waals surface area contributed by atoms with E-state index in [0.717, 1.165) is 0 Å². The van der Waals surface area contributed by atoms with Crippen molar-refractivity contribution in [1.82, 2.24) is 0 Å². The van der Waals surface area contributed by atoms with E-state index in [-0.39, 0.29) is 23.3 Å². The van der Waals surface area contributed by atoms with E-state index in [1.165, 1.54) is 13.8 Å². The van der Waals surface area contributed by atoms with Crippen LogP contribution in [0.5, 0.6) is 11.5 Å². The predicted octanol–water partition coefficient (Wildman–Crippen LogP) is 5.78. The molecule has 0 spiro atoms. The van der Waals surface area contributed by atoms with E-state index in [9.17, 15) is 46.2 Å². The van der Waals surface area contributed by atoms with Gasteiger partial charge in [-0.25, -0.2) is 21.6 Å². The summed E-state index contributed by atoms with van der Waals surface area (Å²) in [5.74, 6) is -3.11. The van der Waals surface area contributed by atoms with Gasteiger partial charge in [-0.15, -0.1) is 0 Å². The van der Waals surface area contributed by atoms with Gasteiger partial charge in [0.15, 0.2) is 9.84 Å². The molecule has 2 aromatic rings. The first-order valence-corrected chi connectivity index (χ1v) is 14.2. The summed E-state index contributed by atoms with van der Waals surface area (Å²) in [6.45, 7) is 2.47. The number of hydrogen-bond acceptors (Lipinski definition) is 6. The molecule has 0 radical (unpaired) electrons. The Kier molecular flexibility index (Phi) is 5.68. The Bertz CT molecular complexity index is 1370. The fourth-order valence-electron chi connectivity index (χ4n) is 2.66. The Labute approximate surface area is 183 Å². The molecule has 7 nitrogen and oxygen atoms in total. The fourth-order valence-corrected chi connectivity index (χ4v) is 6.18. The first-order valence-electron chi connectivity index (χ1n) is 8.01. The van der Waals surface area contributed by atoms with Gasteiger partial charge >= 0.3 is 16.2 Å². The number of carboxylic acids is 1. The smallest absolute Gasteiger partial charge is 0.336 e. The maximum Gasteiger partial charge on any atom is 0.336 e. The molecule has 0 atom stereocenters. The first kappa shape index (κ1) is 26.2. The average Bonchev–Trinajstić information content (AvgIpc) is 2.54. The van der Waals surface area contributed by atoms with Gasteiger partial charge in [0.25, 0.3) is 9.05 Å². The van der Waals surface area contributed by atoms with Crippen LogP contribution in [0, 0.1) is 13.8 Å². The molecule has 0 aliphatic heterocycles. The molecule has 0 bridgehead atoms. The summed E-state index contributed by atoms with van der Waals surface area (Å²) < 4.78 is 120. The van der Waals surface area contributed by atoms with Crippen molar-refractivity contribution in [2.75, 3.05) is 6.26 Å². The quantitative estimate of drug-likeness (QED) is 0.362. The number of ether oxygens (including phenoxy) is 1. The van der Waals surface area contributed by atoms with Crippen LogP contribution in [0.3, 0.4) is 0 Å². The summed E-state index contributed by atoms with van der Waals surface area (Å²) in [5, 5.41) is 9.24. The molecular weight excluding hydrogens is 531 g/mol. The number of sulfone groups is 1. The number of aromatic carboxylic acids is 1. The molecule has 0 unspecified atom stereocenters. The molecule has 16 heteroatoms. The number of halogens is 6. The lowest BCUT2D eigenvalue weighted by Gasteiger charge is -2.41. The molecular formula is C16H14ClF5O7S3. The molecule has 1 N–H and O–H groups in total. The topological polar surface area (TPSA) is 115 Å². The van der Waals surface area contributed by atoms with Crippen molar-refractivity contribution < 1.29 is 50.9 Å². The van der Waals surface area contributed by atoms with Crippen LogP contribution in [0.1, 0.15) is 21.5 Å². The van der Waals surface area contributed by atoms with E-state index in [1.54, 1.807) is 0 Å². The van der Waals surface area contributed by atoms with Crippen LogP contribution in [0.2, 0.25) is 0 Å². The monoisotopic (exact) mass is 544 g/mol. The molecule has 2 rings (SSSR count). The molecule has 0 amide bonds. The molecule has 0 aromatic heterocycles. The molecule has 0 heterocycles. The molecule has 0 fully saturated rings. The third-order valence-corrected chi connectivity index (χ3v) is 8.03. The van der Waals surface area contributed by atoms with Gasteiger partial charge in [-0.05, 0) is 43.2 Å². The number of rotatable bonds is 6. The van der Waals surface area contributed by atoms with E-state index >= 15 is 0 Å². The van der Waals surface area contributed by atoms with E-state index in [1.807, 2.05) is 0 Å². The number of benzene rings is 2. The molecule has 0 aliphatic carbocycles. The maximum absolute atomic E-state index is 13.5. The number of carboxylic acid groups (broad SMARTS) is 1. The van der Waals surface area contributed by atoms with Gasteiger partial charge in [0, 0.05) is 23.0 Å². The average molecular weight is 545 g/mol. The van der Waals surface area contributed by atoms with Crippen LogP contribution >= 0.6 is 20.9 Å². The highest BCUT2D eigenvalue weighted by molar-refractivity contribution is 8.46. The van der Waals surface area contributed by atoms with Crippen LogP contribution in [0.25, 0.3) is 0 Å². The summed E-state index contributed by atoms with van der Waals surface area (Å²) in [6.07, 6.45) is 0.666. The van der Waals surface area contributed by atoms with Crippen LogP contribution in [0.4, 0.5) is 19.4 Å². The molecule has 0 saturated carbocycles. The highest BCUT2D eigenvalue weighted by Crippen LogP contribution is 3.02. The van der Waals surface area contributed by atoms with E-state index < -0.39 is 66.8 Å². The van der Waals surface area contributed by atoms with Crippen molar-refractivity contribution in [2.45, 2.75) is 28.5 Å². The third kappa shape index (κ3) is 5.44. The highest BCUT2D eigenvalue weighted by Gasteiger charge is 2.67. The van der Waals surface area contributed by atoms with Crippen molar-refractivity contribution in [3.63, 3.8) is 0 Å². The fraction of sp³-hybridized carbons (Fsp3) is 0.188. The Hall–Kier alpha value is -2.10. The third-order valence-electron chi connectivity index (χ3n) is 4.25. The highest BCUT2D eigenvalue weighted by atomic mass is 35.7. The second kappa shape index (κ2) is 6.95. The summed E-state index contributed by atoms with van der Waals surface area (Å²) in [6, 6.07) is 1.09. The lowest BCUT2D eigenvalue weighted by atomic mass is 10.0. The Balaban J connectivity index is 2.88. The first-order chi connectivity index (χ1) is 13.9. The number of carbonyl (C=O) groups is 1. The van der Waals surface area contributed by atoms with E-state index in [0.29, 0.717) is 18.4 Å². The normalized spacial score (nSPS) is 15.0. The second-order valence-electron chi connectivity index (χ2n) is 6.70. The SMILES string of the molecule is Cc1c(C(=O)O)cc(S(C)(=O)=O)c(Oc2ccc(S(=O)(=O)Cl)c(S(F)(F)(F)(F)F)c2)c1C. The minimum Gasteiger partial charge on any atom is -0.478 e. The van der Waals surface area contributed by atoms with E-state index in [2.05, 4.69) is 0 Å². The van der Waals surface area contributed by atoms with Gasteiger partial charge < -0.3 is 9.84 Å². The predicted molar refractivity (Wildman–Crippen MR) is 107 cm³/mol. The van der Waals surface area contributed by atoms with Crippen molar-refractivity contribution in [1.29, 1.82) is 0 Å². The minimum absolute atomic E-state index is 0.00667. The van der Waals surface area contributed by atoms with Gasteiger partial charge in [-0.1, -0.05) is 19.4 Å². The molecule has 0 saturated heterocycles. The Morgan fingerprint density at radius 1 is 0.969 bits per heavy atom. The van der Waals surface area contributed by atoms with Gasteiger partial charge in [0.2, 0.25) is 0 Å². The molecule has 180 valence electrons. The molecule has 2 aromatic carbocycles. The summed E-state index contributed by atoms with van der Waals surface area (Å²) >= 11 is 0.